The molecule has 150 valence electrons. The molecule has 0 bridgehead atoms. The van der Waals surface area contributed by atoms with Crippen LogP contribution in [-0.4, -0.2) is 26.4 Å². The molecule has 0 saturated heterocycles. The van der Waals surface area contributed by atoms with Crippen molar-refractivity contribution in [3.05, 3.63) is 92.3 Å². The van der Waals surface area contributed by atoms with Gasteiger partial charge in [-0.05, 0) is 24.3 Å². The predicted molar refractivity (Wildman–Crippen MR) is 121 cm³/mol. The summed E-state index contributed by atoms with van der Waals surface area (Å²) in [4.78, 5) is 28.5. The van der Waals surface area contributed by atoms with Crippen LogP contribution in [0.15, 0.2) is 65.6 Å². The molecule has 0 unspecified atom stereocenters. The van der Waals surface area contributed by atoms with Gasteiger partial charge in [-0.15, -0.1) is 11.3 Å². The molecule has 0 atom stereocenters. The summed E-state index contributed by atoms with van der Waals surface area (Å²) in [6, 6.07) is 17.5. The molecule has 0 aliphatic carbocycles. The van der Waals surface area contributed by atoms with Gasteiger partial charge in [0, 0.05) is 53.3 Å². The van der Waals surface area contributed by atoms with Crippen molar-refractivity contribution in [3.63, 3.8) is 0 Å². The predicted octanol–water partition coefficient (Wildman–Crippen LogP) is 4.77. The topological polar surface area (TPSA) is 61.9 Å². The number of aromatic nitrogens is 3. The summed E-state index contributed by atoms with van der Waals surface area (Å²) in [5.41, 5.74) is 3.57. The lowest BCUT2D eigenvalue weighted by Crippen LogP contribution is -2.35. The molecular formula is C23H19ClN4OS. The van der Waals surface area contributed by atoms with E-state index in [1.165, 1.54) is 4.88 Å². The van der Waals surface area contributed by atoms with Gasteiger partial charge in [0.2, 0.25) is 0 Å². The Morgan fingerprint density at radius 2 is 1.87 bits per heavy atom. The maximum absolute atomic E-state index is 12.8. The zero-order valence-electron chi connectivity index (χ0n) is 16.1. The zero-order chi connectivity index (χ0) is 20.5. The number of thiazole rings is 1. The fraction of sp³-hybridized carbons (Fsp3) is 0.174. The molecular weight excluding hydrogens is 416 g/mol. The van der Waals surface area contributed by atoms with Gasteiger partial charge >= 0.3 is 0 Å². The Morgan fingerprint density at radius 3 is 2.67 bits per heavy atom. The molecule has 1 N–H and O–H groups in total. The Labute approximate surface area is 183 Å². The smallest absolute Gasteiger partial charge is 0.255 e. The van der Waals surface area contributed by atoms with E-state index >= 15 is 0 Å². The summed E-state index contributed by atoms with van der Waals surface area (Å²) in [6.07, 6.45) is 2.69. The van der Waals surface area contributed by atoms with Gasteiger partial charge < -0.3 is 4.98 Å². The summed E-state index contributed by atoms with van der Waals surface area (Å²) in [5.74, 6) is 0.596. The number of H-pyrrole nitrogens is 1. The zero-order valence-corrected chi connectivity index (χ0v) is 17.7. The number of rotatable bonds is 4. The summed E-state index contributed by atoms with van der Waals surface area (Å²) in [7, 11) is 0. The lowest BCUT2D eigenvalue weighted by Gasteiger charge is -2.27. The summed E-state index contributed by atoms with van der Waals surface area (Å²) >= 11 is 7.66. The molecule has 2 aromatic carbocycles. The highest BCUT2D eigenvalue weighted by Gasteiger charge is 2.22. The van der Waals surface area contributed by atoms with Crippen LogP contribution >= 0.6 is 22.9 Å². The highest BCUT2D eigenvalue weighted by Crippen LogP contribution is 2.27. The number of nitrogens with zero attached hydrogens (tertiary/aromatic N) is 3. The van der Waals surface area contributed by atoms with Gasteiger partial charge in [-0.3, -0.25) is 9.69 Å². The second-order valence-corrected chi connectivity index (χ2v) is 8.86. The SMILES string of the molecule is O=c1[nH]c(-c2ccc(Cl)cc2)nc2c1CN(Cc1cnc(-c3ccccc3)s1)CC2. The first-order valence-electron chi connectivity index (χ1n) is 9.76. The van der Waals surface area contributed by atoms with E-state index < -0.39 is 0 Å². The van der Waals surface area contributed by atoms with Crippen LogP contribution in [0.2, 0.25) is 5.02 Å². The summed E-state index contributed by atoms with van der Waals surface area (Å²) in [5, 5.41) is 1.68. The van der Waals surface area contributed by atoms with Gasteiger partial charge in [-0.1, -0.05) is 41.9 Å². The van der Waals surface area contributed by atoms with Crippen LogP contribution in [0.3, 0.4) is 0 Å². The fourth-order valence-corrected chi connectivity index (χ4v) is 4.76. The molecule has 0 radical (unpaired) electrons. The van der Waals surface area contributed by atoms with E-state index in [0.717, 1.165) is 46.9 Å². The largest absolute Gasteiger partial charge is 0.306 e. The normalized spacial score (nSPS) is 13.9. The number of fused-ring (bicyclic) bond motifs is 1. The van der Waals surface area contributed by atoms with Gasteiger partial charge in [0.15, 0.2) is 0 Å². The molecule has 1 aliphatic heterocycles. The molecule has 4 aromatic rings. The van der Waals surface area contributed by atoms with Crippen molar-refractivity contribution < 1.29 is 0 Å². The first-order chi connectivity index (χ1) is 14.7. The molecule has 2 aromatic heterocycles. The first kappa shape index (κ1) is 19.2. The third-order valence-corrected chi connectivity index (χ3v) is 6.50. The third-order valence-electron chi connectivity index (χ3n) is 5.22. The average Bonchev–Trinajstić information content (AvgIpc) is 3.24. The fourth-order valence-electron chi connectivity index (χ4n) is 3.68. The molecule has 5 nitrogen and oxygen atoms in total. The van der Waals surface area contributed by atoms with E-state index in [1.54, 1.807) is 23.5 Å². The van der Waals surface area contributed by atoms with Crippen molar-refractivity contribution in [1.82, 2.24) is 19.9 Å². The van der Waals surface area contributed by atoms with Crippen LogP contribution in [0.5, 0.6) is 0 Å². The lowest BCUT2D eigenvalue weighted by molar-refractivity contribution is 0.244. The van der Waals surface area contributed by atoms with E-state index in [-0.39, 0.29) is 5.56 Å². The van der Waals surface area contributed by atoms with E-state index in [2.05, 4.69) is 27.0 Å². The number of hydrogen-bond donors (Lipinski definition) is 1. The van der Waals surface area contributed by atoms with Crippen molar-refractivity contribution in [2.45, 2.75) is 19.5 Å². The average molecular weight is 435 g/mol. The minimum absolute atomic E-state index is 0.0658. The molecule has 3 heterocycles. The van der Waals surface area contributed by atoms with Gasteiger partial charge in [-0.25, -0.2) is 9.97 Å². The number of nitrogens with one attached hydrogen (secondary N) is 1. The first-order valence-corrected chi connectivity index (χ1v) is 11.0. The summed E-state index contributed by atoms with van der Waals surface area (Å²) < 4.78 is 0. The van der Waals surface area contributed by atoms with E-state index in [4.69, 9.17) is 16.6 Å². The molecule has 0 saturated carbocycles. The Morgan fingerprint density at radius 1 is 1.07 bits per heavy atom. The Bertz CT molecular complexity index is 1230. The van der Waals surface area contributed by atoms with E-state index in [9.17, 15) is 4.79 Å². The number of benzene rings is 2. The monoisotopic (exact) mass is 434 g/mol. The number of halogens is 1. The van der Waals surface area contributed by atoms with Gasteiger partial charge in [0.1, 0.15) is 10.8 Å². The van der Waals surface area contributed by atoms with Crippen LogP contribution < -0.4 is 5.56 Å². The minimum atomic E-state index is -0.0658. The number of aromatic amines is 1. The Balaban J connectivity index is 1.34. The Hall–Kier alpha value is -2.80. The molecule has 30 heavy (non-hydrogen) atoms. The van der Waals surface area contributed by atoms with Gasteiger partial charge in [0.25, 0.3) is 5.56 Å². The third kappa shape index (κ3) is 3.94. The minimum Gasteiger partial charge on any atom is -0.306 e. The van der Waals surface area contributed by atoms with E-state index in [1.807, 2.05) is 36.5 Å². The maximum Gasteiger partial charge on any atom is 0.255 e. The van der Waals surface area contributed by atoms with Crippen molar-refractivity contribution in [2.24, 2.45) is 0 Å². The van der Waals surface area contributed by atoms with Crippen molar-refractivity contribution in [1.29, 1.82) is 0 Å². The van der Waals surface area contributed by atoms with Crippen LogP contribution in [0.4, 0.5) is 0 Å². The molecule has 7 heteroatoms. The van der Waals surface area contributed by atoms with Gasteiger partial charge in [-0.2, -0.15) is 0 Å². The van der Waals surface area contributed by atoms with Crippen molar-refractivity contribution in [2.75, 3.05) is 6.54 Å². The maximum atomic E-state index is 12.8. The molecule has 0 spiro atoms. The number of hydrogen-bond acceptors (Lipinski definition) is 5. The van der Waals surface area contributed by atoms with Crippen LogP contribution in [0.1, 0.15) is 16.1 Å². The second kappa shape index (κ2) is 8.14. The van der Waals surface area contributed by atoms with Crippen LogP contribution in [-0.2, 0) is 19.5 Å². The highest BCUT2D eigenvalue weighted by molar-refractivity contribution is 7.15. The lowest BCUT2D eigenvalue weighted by atomic mass is 10.1. The second-order valence-electron chi connectivity index (χ2n) is 7.31. The molecule has 0 amide bonds. The molecule has 1 aliphatic rings. The molecule has 0 fully saturated rings. The molecule has 5 rings (SSSR count). The van der Waals surface area contributed by atoms with Crippen molar-refractivity contribution in [3.8, 4) is 22.0 Å². The van der Waals surface area contributed by atoms with Crippen LogP contribution in [0.25, 0.3) is 22.0 Å². The quantitative estimate of drug-likeness (QED) is 0.502. The standard InChI is InChI=1S/C23H19ClN4OS/c24-17-8-6-15(7-9-17)21-26-20-10-11-28(14-19(20)22(29)27-21)13-18-12-25-23(30-18)16-4-2-1-3-5-16/h1-9,12H,10-11,13-14H2,(H,26,27,29). The van der Waals surface area contributed by atoms with Crippen LogP contribution in [0, 0.1) is 0 Å². The van der Waals surface area contributed by atoms with E-state index in [0.29, 0.717) is 17.4 Å². The van der Waals surface area contributed by atoms with Crippen molar-refractivity contribution >= 4 is 22.9 Å². The summed E-state index contributed by atoms with van der Waals surface area (Å²) in [6.45, 7) is 2.24. The highest BCUT2D eigenvalue weighted by atomic mass is 35.5. The van der Waals surface area contributed by atoms with Gasteiger partial charge in [0.05, 0.1) is 11.3 Å². The Kier molecular flexibility index (Phi) is 5.21.